The summed E-state index contributed by atoms with van der Waals surface area (Å²) in [4.78, 5) is 18.0. The van der Waals surface area contributed by atoms with Crippen LogP contribution in [0.2, 0.25) is 0 Å². The number of hydrogen-bond acceptors (Lipinski definition) is 5. The molecule has 1 unspecified atom stereocenters. The van der Waals surface area contributed by atoms with Crippen LogP contribution in [0, 0.1) is 11.8 Å². The third kappa shape index (κ3) is 4.55. The molecule has 0 spiro atoms. The summed E-state index contributed by atoms with van der Waals surface area (Å²) in [6.45, 7) is 5.52. The van der Waals surface area contributed by atoms with Gasteiger partial charge in [-0.15, -0.1) is 0 Å². The van der Waals surface area contributed by atoms with E-state index in [0.717, 1.165) is 12.8 Å². The van der Waals surface area contributed by atoms with Gasteiger partial charge in [-0.2, -0.15) is 0 Å². The molecule has 1 aromatic heterocycles. The Kier molecular flexibility index (Phi) is 6.73. The first-order valence-electron chi connectivity index (χ1n) is 10.1. The van der Waals surface area contributed by atoms with Crippen LogP contribution in [0.1, 0.15) is 44.6 Å². The lowest BCUT2D eigenvalue weighted by Crippen LogP contribution is -2.60. The van der Waals surface area contributed by atoms with Gasteiger partial charge in [0.2, 0.25) is 15.9 Å². The molecule has 0 saturated carbocycles. The van der Waals surface area contributed by atoms with Crippen LogP contribution in [0.3, 0.4) is 0 Å². The van der Waals surface area contributed by atoms with Crippen LogP contribution >= 0.6 is 0 Å². The van der Waals surface area contributed by atoms with Crippen molar-refractivity contribution in [3.05, 3.63) is 30.1 Å². The largest absolute Gasteiger partial charge is 0.396 e. The lowest BCUT2D eigenvalue weighted by atomic mass is 9.91. The van der Waals surface area contributed by atoms with Gasteiger partial charge in [0.1, 0.15) is 5.25 Å². The van der Waals surface area contributed by atoms with Crippen LogP contribution in [0.15, 0.2) is 24.5 Å². The number of likely N-dealkylation sites (tertiary alicyclic amines) is 1. The zero-order valence-corrected chi connectivity index (χ0v) is 17.5. The molecule has 0 bridgehead atoms. The highest BCUT2D eigenvalue weighted by molar-refractivity contribution is 7.89. The third-order valence-electron chi connectivity index (χ3n) is 6.23. The van der Waals surface area contributed by atoms with Crippen LogP contribution in [0.4, 0.5) is 0 Å². The van der Waals surface area contributed by atoms with Crippen molar-refractivity contribution in [2.75, 3.05) is 32.8 Å². The summed E-state index contributed by atoms with van der Waals surface area (Å²) in [5, 5.41) is 8.90. The number of amides is 1. The summed E-state index contributed by atoms with van der Waals surface area (Å²) in [7, 11) is -3.37. The molecule has 8 heteroatoms. The molecule has 0 aliphatic carbocycles. The van der Waals surface area contributed by atoms with Crippen molar-refractivity contribution in [2.45, 2.75) is 44.3 Å². The maximum atomic E-state index is 12.9. The Bertz CT molecular complexity index is 755. The zero-order chi connectivity index (χ0) is 20.3. The predicted molar refractivity (Wildman–Crippen MR) is 107 cm³/mol. The van der Waals surface area contributed by atoms with Crippen LogP contribution in [-0.2, 0) is 14.8 Å². The van der Waals surface area contributed by atoms with Crippen LogP contribution in [-0.4, -0.2) is 71.7 Å². The Balaban J connectivity index is 1.50. The Morgan fingerprint density at radius 3 is 2.36 bits per heavy atom. The van der Waals surface area contributed by atoms with E-state index in [2.05, 4.69) is 4.98 Å². The molecular formula is C20H31N3O4S. The van der Waals surface area contributed by atoms with Crippen molar-refractivity contribution in [1.82, 2.24) is 14.2 Å². The molecule has 3 rings (SSSR count). The van der Waals surface area contributed by atoms with E-state index in [1.807, 2.05) is 26.0 Å². The monoisotopic (exact) mass is 409 g/mol. The van der Waals surface area contributed by atoms with E-state index in [0.29, 0.717) is 19.0 Å². The highest BCUT2D eigenvalue weighted by Gasteiger charge is 2.43. The smallest absolute Gasteiger partial charge is 0.223 e. The number of nitrogens with zero attached hydrogens (tertiary/aromatic N) is 3. The quantitative estimate of drug-likeness (QED) is 0.736. The number of sulfonamides is 1. The molecule has 0 radical (unpaired) electrons. The fraction of sp³-hybridized carbons (Fsp3) is 0.700. The summed E-state index contributed by atoms with van der Waals surface area (Å²) >= 11 is 0. The number of carbonyl (C=O) groups excluding carboxylic acids is 1. The normalized spacial score (nSPS) is 20.9. The highest BCUT2D eigenvalue weighted by atomic mass is 32.2. The lowest BCUT2D eigenvalue weighted by molar-refractivity contribution is -0.136. The molecule has 2 aliphatic heterocycles. The topological polar surface area (TPSA) is 90.8 Å². The number of aromatic nitrogens is 1. The summed E-state index contributed by atoms with van der Waals surface area (Å²) < 4.78 is 27.4. The molecule has 1 aromatic rings. The standard InChI is InChI=1S/C20H31N3O4S/c1-15(2)18(14-24)11-20(25)22-12-19(13-22)28(26,27)23-9-5-17(6-10-23)16-3-7-21-8-4-16/h3-4,7-8,15,17-19,24H,5-6,9-14H2,1-2H3. The number of hydrogen-bond donors (Lipinski definition) is 1. The average molecular weight is 410 g/mol. The molecule has 3 heterocycles. The molecule has 2 aliphatic rings. The van der Waals surface area contributed by atoms with Crippen molar-refractivity contribution in [2.24, 2.45) is 11.8 Å². The number of aliphatic hydroxyl groups is 1. The first-order chi connectivity index (χ1) is 13.3. The summed E-state index contributed by atoms with van der Waals surface area (Å²) in [5.74, 6) is 0.461. The molecule has 1 N–H and O–H groups in total. The average Bonchev–Trinajstić information content (AvgIpc) is 2.65. The zero-order valence-electron chi connectivity index (χ0n) is 16.7. The predicted octanol–water partition coefficient (Wildman–Crippen LogP) is 1.46. The molecule has 2 fully saturated rings. The van der Waals surface area contributed by atoms with E-state index >= 15 is 0 Å². The van der Waals surface area contributed by atoms with E-state index in [-0.39, 0.29) is 43.9 Å². The number of piperidine rings is 1. The molecule has 28 heavy (non-hydrogen) atoms. The molecule has 7 nitrogen and oxygen atoms in total. The van der Waals surface area contributed by atoms with Crippen LogP contribution < -0.4 is 0 Å². The Labute approximate surface area is 167 Å². The van der Waals surface area contributed by atoms with E-state index in [9.17, 15) is 18.3 Å². The fourth-order valence-corrected chi connectivity index (χ4v) is 5.86. The minimum atomic E-state index is -3.37. The third-order valence-corrected chi connectivity index (χ3v) is 8.45. The second kappa shape index (κ2) is 8.88. The van der Waals surface area contributed by atoms with E-state index in [4.69, 9.17) is 0 Å². The van der Waals surface area contributed by atoms with Crippen molar-refractivity contribution in [3.63, 3.8) is 0 Å². The van der Waals surface area contributed by atoms with Gasteiger partial charge in [-0.1, -0.05) is 13.8 Å². The molecule has 156 valence electrons. The first-order valence-corrected chi connectivity index (χ1v) is 11.6. The van der Waals surface area contributed by atoms with Gasteiger partial charge in [-0.05, 0) is 48.3 Å². The molecule has 1 atom stereocenters. The Morgan fingerprint density at radius 1 is 1.21 bits per heavy atom. The van der Waals surface area contributed by atoms with Crippen LogP contribution in [0.5, 0.6) is 0 Å². The minimum Gasteiger partial charge on any atom is -0.396 e. The van der Waals surface area contributed by atoms with E-state index in [1.54, 1.807) is 21.6 Å². The number of aliphatic hydroxyl groups excluding tert-OH is 1. The summed E-state index contributed by atoms with van der Waals surface area (Å²) in [6.07, 6.45) is 5.45. The number of carbonyl (C=O) groups is 1. The lowest BCUT2D eigenvalue weighted by Gasteiger charge is -2.42. The van der Waals surface area contributed by atoms with Gasteiger partial charge >= 0.3 is 0 Å². The number of rotatable bonds is 7. The van der Waals surface area contributed by atoms with Crippen molar-refractivity contribution < 1.29 is 18.3 Å². The molecule has 0 aromatic carbocycles. The maximum Gasteiger partial charge on any atom is 0.223 e. The van der Waals surface area contributed by atoms with Crippen molar-refractivity contribution in [1.29, 1.82) is 0 Å². The second-order valence-corrected chi connectivity index (χ2v) is 10.5. The van der Waals surface area contributed by atoms with Gasteiger partial charge in [-0.25, -0.2) is 12.7 Å². The van der Waals surface area contributed by atoms with Gasteiger partial charge in [-0.3, -0.25) is 9.78 Å². The van der Waals surface area contributed by atoms with Gasteiger partial charge in [0.25, 0.3) is 0 Å². The molecular weight excluding hydrogens is 378 g/mol. The minimum absolute atomic E-state index is 0.0224. The summed E-state index contributed by atoms with van der Waals surface area (Å²) in [6, 6.07) is 4.00. The maximum absolute atomic E-state index is 12.9. The van der Waals surface area contributed by atoms with Crippen LogP contribution in [0.25, 0.3) is 0 Å². The second-order valence-electron chi connectivity index (χ2n) is 8.31. The first kappa shape index (κ1) is 21.2. The SMILES string of the molecule is CC(C)C(CO)CC(=O)N1CC(S(=O)(=O)N2CCC(c3ccncc3)CC2)C1. The number of pyridine rings is 1. The molecule has 2 saturated heterocycles. The van der Waals surface area contributed by atoms with Gasteiger partial charge in [0, 0.05) is 51.6 Å². The highest BCUT2D eigenvalue weighted by Crippen LogP contribution is 2.31. The molecule has 1 amide bonds. The summed E-state index contributed by atoms with van der Waals surface area (Å²) in [5.41, 5.74) is 1.22. The Morgan fingerprint density at radius 2 is 1.82 bits per heavy atom. The van der Waals surface area contributed by atoms with Crippen molar-refractivity contribution >= 4 is 15.9 Å². The van der Waals surface area contributed by atoms with Gasteiger partial charge in [0.15, 0.2) is 0 Å². The van der Waals surface area contributed by atoms with Gasteiger partial charge in [0.05, 0.1) is 0 Å². The Hall–Kier alpha value is -1.51. The van der Waals surface area contributed by atoms with Gasteiger partial charge < -0.3 is 10.0 Å². The van der Waals surface area contributed by atoms with Crippen molar-refractivity contribution in [3.8, 4) is 0 Å². The van der Waals surface area contributed by atoms with E-state index < -0.39 is 15.3 Å². The van der Waals surface area contributed by atoms with E-state index in [1.165, 1.54) is 5.56 Å². The fourth-order valence-electron chi connectivity index (χ4n) is 3.98.